The van der Waals surface area contributed by atoms with Crippen molar-refractivity contribution < 1.29 is 14.3 Å². The number of hydrogen-bond acceptors (Lipinski definition) is 4. The lowest BCUT2D eigenvalue weighted by Gasteiger charge is -2.31. The van der Waals surface area contributed by atoms with Crippen LogP contribution >= 0.6 is 12.4 Å². The molecule has 3 rings (SSSR count). The molecule has 2 aliphatic rings. The summed E-state index contributed by atoms with van der Waals surface area (Å²) in [5.41, 5.74) is 1.10. The maximum atomic E-state index is 12.8. The van der Waals surface area contributed by atoms with Crippen molar-refractivity contribution in [3.8, 4) is 0 Å². The summed E-state index contributed by atoms with van der Waals surface area (Å²) < 4.78 is 5.47. The van der Waals surface area contributed by atoms with Crippen molar-refractivity contribution in [2.75, 3.05) is 38.1 Å². The van der Waals surface area contributed by atoms with Crippen LogP contribution in [0.25, 0.3) is 0 Å². The number of amides is 2. The van der Waals surface area contributed by atoms with Gasteiger partial charge in [0, 0.05) is 26.2 Å². The van der Waals surface area contributed by atoms with E-state index in [4.69, 9.17) is 4.74 Å². The van der Waals surface area contributed by atoms with E-state index < -0.39 is 6.10 Å². The molecule has 6 nitrogen and oxygen atoms in total. The zero-order valence-corrected chi connectivity index (χ0v) is 15.3. The molecule has 2 aliphatic heterocycles. The van der Waals surface area contributed by atoms with Crippen molar-refractivity contribution in [3.63, 3.8) is 0 Å². The summed E-state index contributed by atoms with van der Waals surface area (Å²) in [5.74, 6) is 0.440. The van der Waals surface area contributed by atoms with Crippen LogP contribution in [0.3, 0.4) is 0 Å². The third-order valence-corrected chi connectivity index (χ3v) is 4.71. The van der Waals surface area contributed by atoms with Gasteiger partial charge in [-0.15, -0.1) is 12.4 Å². The normalized spacial score (nSPS) is 21.3. The van der Waals surface area contributed by atoms with Gasteiger partial charge in [0.25, 0.3) is 11.8 Å². The molecule has 0 radical (unpaired) electrons. The van der Waals surface area contributed by atoms with Crippen molar-refractivity contribution in [1.82, 2.24) is 10.2 Å². The average Bonchev–Trinajstić information content (AvgIpc) is 2.63. The fourth-order valence-electron chi connectivity index (χ4n) is 3.11. The smallest absolute Gasteiger partial charge is 0.255 e. The quantitative estimate of drug-likeness (QED) is 0.856. The van der Waals surface area contributed by atoms with E-state index in [0.717, 1.165) is 32.5 Å². The summed E-state index contributed by atoms with van der Waals surface area (Å²) in [5, 5.41) is 5.99. The number of morpholine rings is 1. The lowest BCUT2D eigenvalue weighted by atomic mass is 9.98. The highest BCUT2D eigenvalue weighted by atomic mass is 35.5. The SMILES string of the molecule is CC1CCN(C(=O)c2ccccc2NC(=O)C2CNCCO2)CC1.Cl. The molecule has 2 fully saturated rings. The van der Waals surface area contributed by atoms with Crippen LogP contribution in [0.5, 0.6) is 0 Å². The third kappa shape index (κ3) is 4.93. The van der Waals surface area contributed by atoms with Gasteiger partial charge in [-0.05, 0) is 30.9 Å². The minimum atomic E-state index is -0.516. The summed E-state index contributed by atoms with van der Waals surface area (Å²) in [6.07, 6.45) is 1.54. The second-order valence-corrected chi connectivity index (χ2v) is 6.57. The topological polar surface area (TPSA) is 70.7 Å². The summed E-state index contributed by atoms with van der Waals surface area (Å²) in [6, 6.07) is 7.20. The monoisotopic (exact) mass is 367 g/mol. The first-order valence-electron chi connectivity index (χ1n) is 8.66. The lowest BCUT2D eigenvalue weighted by Crippen LogP contribution is -2.45. The fraction of sp³-hybridized carbons (Fsp3) is 0.556. The Balaban J connectivity index is 0.00000225. The Morgan fingerprint density at radius 2 is 1.96 bits per heavy atom. The number of ether oxygens (including phenoxy) is 1. The van der Waals surface area contributed by atoms with E-state index in [9.17, 15) is 9.59 Å². The minimum Gasteiger partial charge on any atom is -0.366 e. The summed E-state index contributed by atoms with van der Waals surface area (Å²) in [4.78, 5) is 27.1. The molecule has 0 aliphatic carbocycles. The van der Waals surface area contributed by atoms with Crippen molar-refractivity contribution >= 4 is 29.9 Å². The van der Waals surface area contributed by atoms with Crippen LogP contribution in [0.4, 0.5) is 5.69 Å². The molecule has 25 heavy (non-hydrogen) atoms. The number of carbonyl (C=O) groups excluding carboxylic acids is 2. The van der Waals surface area contributed by atoms with Crippen LogP contribution in [0.15, 0.2) is 24.3 Å². The van der Waals surface area contributed by atoms with E-state index in [1.54, 1.807) is 12.1 Å². The Labute approximate surface area is 154 Å². The largest absolute Gasteiger partial charge is 0.366 e. The maximum Gasteiger partial charge on any atom is 0.255 e. The molecule has 2 amide bonds. The first kappa shape index (κ1) is 19.7. The van der Waals surface area contributed by atoms with Gasteiger partial charge in [0.15, 0.2) is 0 Å². The second-order valence-electron chi connectivity index (χ2n) is 6.57. The first-order chi connectivity index (χ1) is 11.6. The number of piperidine rings is 1. The average molecular weight is 368 g/mol. The van der Waals surface area contributed by atoms with Crippen molar-refractivity contribution in [1.29, 1.82) is 0 Å². The lowest BCUT2D eigenvalue weighted by molar-refractivity contribution is -0.128. The number of anilines is 1. The van der Waals surface area contributed by atoms with E-state index in [0.29, 0.717) is 30.3 Å². The van der Waals surface area contributed by atoms with Gasteiger partial charge in [0.1, 0.15) is 6.10 Å². The Bertz CT molecular complexity index is 597. The number of likely N-dealkylation sites (tertiary alicyclic amines) is 1. The molecule has 0 aromatic heterocycles. The Morgan fingerprint density at radius 1 is 1.24 bits per heavy atom. The van der Waals surface area contributed by atoms with Crippen LogP contribution in [-0.2, 0) is 9.53 Å². The molecule has 138 valence electrons. The number of rotatable bonds is 3. The summed E-state index contributed by atoms with van der Waals surface area (Å²) in [6.45, 7) is 5.53. The third-order valence-electron chi connectivity index (χ3n) is 4.71. The molecule has 1 unspecified atom stereocenters. The van der Waals surface area contributed by atoms with E-state index >= 15 is 0 Å². The number of carbonyl (C=O) groups is 2. The highest BCUT2D eigenvalue weighted by molar-refractivity contribution is 6.04. The van der Waals surface area contributed by atoms with Crippen molar-refractivity contribution in [2.45, 2.75) is 25.9 Å². The van der Waals surface area contributed by atoms with Gasteiger partial charge in [-0.2, -0.15) is 0 Å². The second kappa shape index (κ2) is 9.17. The molecular formula is C18H26ClN3O3. The number of hydrogen-bond donors (Lipinski definition) is 2. The van der Waals surface area contributed by atoms with Crippen LogP contribution in [0.2, 0.25) is 0 Å². The predicted octanol–water partition coefficient (Wildman–Crippen LogP) is 1.91. The number of nitrogens with zero attached hydrogens (tertiary/aromatic N) is 1. The molecule has 7 heteroatoms. The molecule has 2 saturated heterocycles. The standard InChI is InChI=1S/C18H25N3O3.ClH/c1-13-6-9-21(10-7-13)18(23)14-4-2-3-5-15(14)20-17(22)16-12-19-8-11-24-16;/h2-5,13,16,19H,6-12H2,1H3,(H,20,22);1H. The van der Waals surface area contributed by atoms with Gasteiger partial charge in [-0.1, -0.05) is 19.1 Å². The zero-order chi connectivity index (χ0) is 16.9. The molecule has 1 atom stereocenters. The number of nitrogens with one attached hydrogen (secondary N) is 2. The highest BCUT2D eigenvalue weighted by Crippen LogP contribution is 2.22. The number of benzene rings is 1. The van der Waals surface area contributed by atoms with Gasteiger partial charge in [0.05, 0.1) is 17.9 Å². The molecule has 0 bridgehead atoms. The van der Waals surface area contributed by atoms with Crippen LogP contribution < -0.4 is 10.6 Å². The predicted molar refractivity (Wildman–Crippen MR) is 99.2 cm³/mol. The Hall–Kier alpha value is -1.63. The Morgan fingerprint density at radius 3 is 2.64 bits per heavy atom. The number of halogens is 1. The summed E-state index contributed by atoms with van der Waals surface area (Å²) in [7, 11) is 0. The summed E-state index contributed by atoms with van der Waals surface area (Å²) >= 11 is 0. The van der Waals surface area contributed by atoms with Crippen molar-refractivity contribution in [2.24, 2.45) is 5.92 Å². The van der Waals surface area contributed by atoms with Crippen LogP contribution in [0, 0.1) is 5.92 Å². The van der Waals surface area contributed by atoms with E-state index in [1.807, 2.05) is 17.0 Å². The van der Waals surface area contributed by atoms with Crippen LogP contribution in [0.1, 0.15) is 30.1 Å². The molecule has 2 N–H and O–H groups in total. The molecular weight excluding hydrogens is 342 g/mol. The van der Waals surface area contributed by atoms with E-state index in [1.165, 1.54) is 0 Å². The minimum absolute atomic E-state index is 0. The van der Waals surface area contributed by atoms with Crippen LogP contribution in [-0.4, -0.2) is 55.6 Å². The van der Waals surface area contributed by atoms with Gasteiger partial charge < -0.3 is 20.3 Å². The number of para-hydroxylation sites is 1. The van der Waals surface area contributed by atoms with Gasteiger partial charge >= 0.3 is 0 Å². The van der Waals surface area contributed by atoms with E-state index in [2.05, 4.69) is 17.6 Å². The Kier molecular flexibility index (Phi) is 7.23. The molecule has 0 spiro atoms. The molecule has 2 heterocycles. The van der Waals surface area contributed by atoms with Gasteiger partial charge in [-0.25, -0.2) is 0 Å². The van der Waals surface area contributed by atoms with Crippen molar-refractivity contribution in [3.05, 3.63) is 29.8 Å². The van der Waals surface area contributed by atoms with E-state index in [-0.39, 0.29) is 24.2 Å². The highest BCUT2D eigenvalue weighted by Gasteiger charge is 2.26. The molecule has 0 saturated carbocycles. The first-order valence-corrected chi connectivity index (χ1v) is 8.66. The maximum absolute atomic E-state index is 12.8. The fourth-order valence-corrected chi connectivity index (χ4v) is 3.11. The zero-order valence-electron chi connectivity index (χ0n) is 14.5. The van der Waals surface area contributed by atoms with Gasteiger partial charge in [-0.3, -0.25) is 9.59 Å². The molecule has 1 aromatic rings. The molecule has 1 aromatic carbocycles. The van der Waals surface area contributed by atoms with Gasteiger partial charge in [0.2, 0.25) is 0 Å².